The summed E-state index contributed by atoms with van der Waals surface area (Å²) in [5.74, 6) is -3.24. The molecule has 1 spiro atoms. The maximum Gasteiger partial charge on any atom is 0.313 e. The lowest BCUT2D eigenvalue weighted by atomic mass is 9.77. The largest absolute Gasteiger partial charge is 0.455 e. The summed E-state index contributed by atoms with van der Waals surface area (Å²) in [5, 5.41) is 12.5. The lowest BCUT2D eigenvalue weighted by Crippen LogP contribution is -2.57. The van der Waals surface area contributed by atoms with E-state index in [1.165, 1.54) is 4.90 Å². The molecule has 4 aliphatic heterocycles. The second kappa shape index (κ2) is 12.6. The standard InChI is InChI=1S/C33H41N3O7/c37-20-10-19-36-29-31(40)35(23-13-5-2-6-14-23)18-9-17-33(29)28(30(36)39)27-24(43-33)15-7-8-16-26(38)34-21-25(42-32(27)41)22-11-3-1-4-12-22/h1,3-4,7,9,11-12,15,17,23-25,27-29,37H,2,5-6,8,10,13-14,16,18-21H2,(H,34,38)/b15-7-/t24-,25+,27+,28+,29-,33+/m0/s1. The number of cyclic esters (lactones) is 1. The molecule has 1 aliphatic carbocycles. The van der Waals surface area contributed by atoms with Gasteiger partial charge in [0.2, 0.25) is 17.7 Å². The van der Waals surface area contributed by atoms with Crippen molar-refractivity contribution in [2.24, 2.45) is 11.8 Å². The average molecular weight is 592 g/mol. The van der Waals surface area contributed by atoms with Crippen molar-refractivity contribution in [2.75, 3.05) is 26.2 Å². The van der Waals surface area contributed by atoms with Crippen molar-refractivity contribution >= 4 is 23.7 Å². The molecule has 0 aromatic heterocycles. The van der Waals surface area contributed by atoms with E-state index in [0.29, 0.717) is 19.4 Å². The van der Waals surface area contributed by atoms with E-state index in [2.05, 4.69) is 5.32 Å². The molecule has 43 heavy (non-hydrogen) atoms. The molecular formula is C33H41N3O7. The van der Waals surface area contributed by atoms with Crippen molar-refractivity contribution in [2.45, 2.75) is 81.3 Å². The van der Waals surface area contributed by atoms with Crippen molar-refractivity contribution in [3.8, 4) is 0 Å². The number of nitrogens with one attached hydrogen (secondary N) is 1. The molecule has 10 nitrogen and oxygen atoms in total. The Morgan fingerprint density at radius 2 is 1.79 bits per heavy atom. The molecule has 2 saturated heterocycles. The highest BCUT2D eigenvalue weighted by Crippen LogP contribution is 2.53. The van der Waals surface area contributed by atoms with Crippen LogP contribution in [0.1, 0.15) is 63.0 Å². The van der Waals surface area contributed by atoms with Crippen LogP contribution in [0, 0.1) is 11.8 Å². The minimum absolute atomic E-state index is 0.0889. The fraction of sp³-hybridized carbons (Fsp3) is 0.576. The van der Waals surface area contributed by atoms with Gasteiger partial charge < -0.3 is 29.7 Å². The summed E-state index contributed by atoms with van der Waals surface area (Å²) in [7, 11) is 0. The van der Waals surface area contributed by atoms with Crippen LogP contribution in [0.3, 0.4) is 0 Å². The number of rotatable bonds is 5. The first-order valence-electron chi connectivity index (χ1n) is 15.7. The summed E-state index contributed by atoms with van der Waals surface area (Å²) in [5.41, 5.74) is -0.635. The Morgan fingerprint density at radius 1 is 1.00 bits per heavy atom. The van der Waals surface area contributed by atoms with E-state index < -0.39 is 41.7 Å². The number of aliphatic hydroxyl groups excluding tert-OH is 1. The van der Waals surface area contributed by atoms with Gasteiger partial charge in [0.25, 0.3) is 0 Å². The van der Waals surface area contributed by atoms with Gasteiger partial charge in [-0.3, -0.25) is 19.2 Å². The van der Waals surface area contributed by atoms with Gasteiger partial charge in [-0.2, -0.15) is 0 Å². The minimum Gasteiger partial charge on any atom is -0.455 e. The molecule has 3 amide bonds. The number of hydrogen-bond acceptors (Lipinski definition) is 7. The number of hydrogen-bond donors (Lipinski definition) is 2. The summed E-state index contributed by atoms with van der Waals surface area (Å²) >= 11 is 0. The lowest BCUT2D eigenvalue weighted by Gasteiger charge is -2.39. The maximum absolute atomic E-state index is 14.4. The fourth-order valence-corrected chi connectivity index (χ4v) is 7.63. The molecule has 3 fully saturated rings. The number of amides is 3. The second-order valence-electron chi connectivity index (χ2n) is 12.2. The lowest BCUT2D eigenvalue weighted by molar-refractivity contribution is -0.160. The van der Waals surface area contributed by atoms with Crippen LogP contribution in [0.25, 0.3) is 0 Å². The Kier molecular flexibility index (Phi) is 8.68. The number of nitrogens with zero attached hydrogens (tertiary/aromatic N) is 2. The summed E-state index contributed by atoms with van der Waals surface area (Å²) in [6.45, 7) is 0.562. The topological polar surface area (TPSA) is 125 Å². The number of fused-ring (bicyclic) bond motifs is 2. The van der Waals surface area contributed by atoms with Crippen molar-refractivity contribution in [1.29, 1.82) is 0 Å². The smallest absolute Gasteiger partial charge is 0.313 e. The number of benzene rings is 1. The van der Waals surface area contributed by atoms with Crippen LogP contribution in [0.15, 0.2) is 54.6 Å². The van der Waals surface area contributed by atoms with Crippen LogP contribution in [0.4, 0.5) is 0 Å². The molecule has 4 heterocycles. The zero-order valence-corrected chi connectivity index (χ0v) is 24.4. The number of esters is 1. The van der Waals surface area contributed by atoms with Crippen LogP contribution < -0.4 is 5.32 Å². The Morgan fingerprint density at radius 3 is 2.56 bits per heavy atom. The molecule has 1 aromatic carbocycles. The van der Waals surface area contributed by atoms with E-state index in [9.17, 15) is 24.3 Å². The molecule has 1 saturated carbocycles. The number of ether oxygens (including phenoxy) is 2. The van der Waals surface area contributed by atoms with E-state index in [4.69, 9.17) is 9.47 Å². The Hall–Kier alpha value is -3.50. The molecule has 2 N–H and O–H groups in total. The first-order valence-corrected chi connectivity index (χ1v) is 15.7. The van der Waals surface area contributed by atoms with Crippen LogP contribution in [0.5, 0.6) is 0 Å². The van der Waals surface area contributed by atoms with Gasteiger partial charge >= 0.3 is 5.97 Å². The summed E-state index contributed by atoms with van der Waals surface area (Å²) in [4.78, 5) is 58.9. The van der Waals surface area contributed by atoms with E-state index >= 15 is 0 Å². The van der Waals surface area contributed by atoms with E-state index in [1.54, 1.807) is 12.2 Å². The van der Waals surface area contributed by atoms with Gasteiger partial charge in [-0.25, -0.2) is 0 Å². The van der Waals surface area contributed by atoms with Crippen LogP contribution in [-0.2, 0) is 28.7 Å². The minimum atomic E-state index is -1.36. The number of likely N-dealkylation sites (tertiary alicyclic amines) is 1. The van der Waals surface area contributed by atoms with Crippen molar-refractivity contribution in [3.05, 3.63) is 60.2 Å². The van der Waals surface area contributed by atoms with Crippen molar-refractivity contribution in [3.63, 3.8) is 0 Å². The summed E-state index contributed by atoms with van der Waals surface area (Å²) in [6, 6.07) is 8.34. The first kappa shape index (κ1) is 29.6. The van der Waals surface area contributed by atoms with Gasteiger partial charge in [-0.05, 0) is 31.2 Å². The van der Waals surface area contributed by atoms with Gasteiger partial charge in [0.15, 0.2) is 0 Å². The molecule has 1 aromatic rings. The fourth-order valence-electron chi connectivity index (χ4n) is 7.63. The molecule has 0 bridgehead atoms. The molecule has 6 atom stereocenters. The average Bonchev–Trinajstić information content (AvgIpc) is 3.40. The predicted molar refractivity (Wildman–Crippen MR) is 156 cm³/mol. The third kappa shape index (κ3) is 5.51. The molecular weight excluding hydrogens is 550 g/mol. The normalized spacial score (nSPS) is 34.3. The van der Waals surface area contributed by atoms with E-state index in [0.717, 1.165) is 37.7 Å². The highest BCUT2D eigenvalue weighted by atomic mass is 16.6. The molecule has 0 radical (unpaired) electrons. The molecule has 5 aliphatic rings. The van der Waals surface area contributed by atoms with Gasteiger partial charge in [-0.1, -0.05) is 73.9 Å². The highest BCUT2D eigenvalue weighted by Gasteiger charge is 2.71. The van der Waals surface area contributed by atoms with Crippen LogP contribution in [0.2, 0.25) is 0 Å². The maximum atomic E-state index is 14.4. The quantitative estimate of drug-likeness (QED) is 0.398. The number of aliphatic hydroxyl groups is 1. The predicted octanol–water partition coefficient (Wildman–Crippen LogP) is 2.43. The molecule has 10 heteroatoms. The zero-order valence-electron chi connectivity index (χ0n) is 24.4. The summed E-state index contributed by atoms with van der Waals surface area (Å²) < 4.78 is 12.8. The molecule has 230 valence electrons. The van der Waals surface area contributed by atoms with Crippen LogP contribution in [-0.4, -0.2) is 88.6 Å². The Labute approximate surface area is 252 Å². The van der Waals surface area contributed by atoms with Gasteiger partial charge in [0, 0.05) is 32.2 Å². The van der Waals surface area contributed by atoms with Crippen molar-refractivity contribution < 1.29 is 33.8 Å². The van der Waals surface area contributed by atoms with Gasteiger partial charge in [-0.15, -0.1) is 0 Å². The number of allylic oxidation sites excluding steroid dienone is 1. The second-order valence-corrected chi connectivity index (χ2v) is 12.2. The van der Waals surface area contributed by atoms with Crippen LogP contribution >= 0.6 is 0 Å². The number of carbonyl (C=O) groups excluding carboxylic acids is 4. The highest BCUT2D eigenvalue weighted by molar-refractivity contribution is 5.99. The monoisotopic (exact) mass is 591 g/mol. The molecule has 0 unspecified atom stereocenters. The van der Waals surface area contributed by atoms with Gasteiger partial charge in [0.1, 0.15) is 23.7 Å². The third-order valence-corrected chi connectivity index (χ3v) is 9.65. The number of carbonyl (C=O) groups is 4. The Balaban J connectivity index is 1.39. The zero-order chi connectivity index (χ0) is 30.0. The third-order valence-electron chi connectivity index (χ3n) is 9.65. The SMILES string of the molecule is O=C1CC/C=C\[C@@H]2O[C@@]34C=CCN(C5CCCCC5)C(=O)[C@@H]3N(CCCO)C(=O)[C@H]4[C@@H]2C(=O)O[C@@H](c2ccccc2)CN1. The van der Waals surface area contributed by atoms with Crippen molar-refractivity contribution in [1.82, 2.24) is 15.1 Å². The van der Waals surface area contributed by atoms with Gasteiger partial charge in [0.05, 0.1) is 18.6 Å². The first-order chi connectivity index (χ1) is 20.9. The summed E-state index contributed by atoms with van der Waals surface area (Å²) in [6.07, 6.45) is 11.8. The van der Waals surface area contributed by atoms with E-state index in [1.807, 2.05) is 47.4 Å². The van der Waals surface area contributed by atoms with E-state index in [-0.39, 0.29) is 49.9 Å². The Bertz CT molecular complexity index is 1280. The molecule has 6 rings (SSSR count).